The highest BCUT2D eigenvalue weighted by atomic mass is 35.5. The van der Waals surface area contributed by atoms with Crippen LogP contribution in [-0.4, -0.2) is 124 Å². The van der Waals surface area contributed by atoms with Crippen molar-refractivity contribution >= 4 is 46.9 Å². The molecule has 0 saturated carbocycles. The van der Waals surface area contributed by atoms with Gasteiger partial charge in [-0.1, -0.05) is 62.2 Å². The highest BCUT2D eigenvalue weighted by Crippen LogP contribution is 2.51. The molecule has 5 atom stereocenters. The van der Waals surface area contributed by atoms with E-state index in [4.69, 9.17) is 65.8 Å². The van der Waals surface area contributed by atoms with Gasteiger partial charge in [0.25, 0.3) is 0 Å². The number of esters is 1. The Morgan fingerprint density at radius 1 is 0.828 bits per heavy atom. The molecular weight excluding hydrogens is 883 g/mol. The van der Waals surface area contributed by atoms with Crippen LogP contribution in [0.3, 0.4) is 0 Å². The second kappa shape index (κ2) is 25.5. The summed E-state index contributed by atoms with van der Waals surface area (Å²) in [5.74, 6) is -3.88. The molecule has 64 heavy (non-hydrogen) atoms. The van der Waals surface area contributed by atoms with Crippen LogP contribution in [0.15, 0.2) is 54.6 Å². The number of hydrogen-bond donors (Lipinski definition) is 3. The molecule has 15 nitrogen and oxygen atoms in total. The van der Waals surface area contributed by atoms with Gasteiger partial charge < -0.3 is 58.6 Å². The first-order valence-electron chi connectivity index (χ1n) is 20.7. The number of nitrogens with one attached hydrogen (secondary N) is 3. The summed E-state index contributed by atoms with van der Waals surface area (Å²) in [5.41, 5.74) is -1.33. The Kier molecular flexibility index (Phi) is 20.9. The van der Waals surface area contributed by atoms with Crippen molar-refractivity contribution in [3.63, 3.8) is 0 Å². The van der Waals surface area contributed by atoms with Crippen molar-refractivity contribution in [3.05, 3.63) is 93.0 Å². The van der Waals surface area contributed by atoms with E-state index in [1.165, 1.54) is 56.5 Å². The Morgan fingerprint density at radius 3 is 2.03 bits per heavy atom. The maximum Gasteiger partial charge on any atom is 0.511 e. The van der Waals surface area contributed by atoms with Gasteiger partial charge in [0.1, 0.15) is 24.0 Å². The van der Waals surface area contributed by atoms with Gasteiger partial charge in [-0.3, -0.25) is 4.79 Å². The number of carbonyl (C=O) groups is 3. The molecule has 1 heterocycles. The summed E-state index contributed by atoms with van der Waals surface area (Å²) in [4.78, 5) is 39.8. The molecule has 4 rings (SSSR count). The summed E-state index contributed by atoms with van der Waals surface area (Å²) in [7, 11) is 4.58. The zero-order chi connectivity index (χ0) is 46.9. The SMILES string of the molecule is CN[C@]1(c2ccc(Cl)cc2F)C(CC(C)(C)C)N[C@@H](C(=O)Nc2ccc(C(=O)OC(C)OC(=O)OCCOCCOCCOCCOCCOC)cc2OC)[C@@H]1c1cccc(Cl)c1F. The average Bonchev–Trinajstić information content (AvgIpc) is 3.55. The molecule has 0 aromatic heterocycles. The monoisotopic (exact) mass is 941 g/mol. The molecule has 1 aliphatic rings. The minimum atomic E-state index is -1.40. The van der Waals surface area contributed by atoms with E-state index in [1.54, 1.807) is 26.3 Å². The number of rotatable bonds is 25. The van der Waals surface area contributed by atoms with Gasteiger partial charge in [-0.2, -0.15) is 0 Å². The van der Waals surface area contributed by atoms with Gasteiger partial charge in [-0.15, -0.1) is 0 Å². The fourth-order valence-electron chi connectivity index (χ4n) is 7.45. The summed E-state index contributed by atoms with van der Waals surface area (Å²) < 4.78 is 79.5. The predicted octanol–water partition coefficient (Wildman–Crippen LogP) is 7.26. The largest absolute Gasteiger partial charge is 0.511 e. The Labute approximate surface area is 382 Å². The van der Waals surface area contributed by atoms with Crippen molar-refractivity contribution in [3.8, 4) is 5.75 Å². The maximum atomic E-state index is 16.2. The summed E-state index contributed by atoms with van der Waals surface area (Å²) >= 11 is 12.5. The number of likely N-dealkylation sites (N-methyl/N-ethyl adjacent to an activating group) is 1. The van der Waals surface area contributed by atoms with Crippen LogP contribution in [0.4, 0.5) is 19.3 Å². The Bertz CT molecular complexity index is 1990. The molecule has 0 spiro atoms. The highest BCUT2D eigenvalue weighted by Gasteiger charge is 2.60. The van der Waals surface area contributed by atoms with Crippen LogP contribution in [0.2, 0.25) is 10.0 Å². The molecule has 0 radical (unpaired) electrons. The average molecular weight is 943 g/mol. The van der Waals surface area contributed by atoms with Gasteiger partial charge in [0.05, 0.1) is 94.4 Å². The van der Waals surface area contributed by atoms with Gasteiger partial charge in [-0.05, 0) is 60.8 Å². The number of anilines is 1. The number of ether oxygens (including phenoxy) is 9. The molecule has 3 aromatic carbocycles. The van der Waals surface area contributed by atoms with Gasteiger partial charge in [0.2, 0.25) is 12.2 Å². The Morgan fingerprint density at radius 2 is 1.45 bits per heavy atom. The third kappa shape index (κ3) is 14.7. The zero-order valence-electron chi connectivity index (χ0n) is 37.2. The highest BCUT2D eigenvalue weighted by molar-refractivity contribution is 6.31. The lowest BCUT2D eigenvalue weighted by atomic mass is 9.67. The number of carbonyl (C=O) groups excluding carboxylic acids is 3. The van der Waals surface area contributed by atoms with Crippen LogP contribution in [0.25, 0.3) is 0 Å². The van der Waals surface area contributed by atoms with E-state index in [0.717, 1.165) is 0 Å². The molecule has 1 saturated heterocycles. The number of halogens is 4. The van der Waals surface area contributed by atoms with E-state index in [2.05, 4.69) is 16.0 Å². The standard InChI is InChI=1S/C45H59Cl2F2N3O12/c1-28(64-43(55)62-24-23-61-22-21-60-20-19-59-18-17-58-16-15-56-6)63-42(54)29-11-14-35(36(25-29)57-7)51-41(53)40-38(31-9-8-10-33(47)39(31)49)45(50-5,37(52-40)27-44(2,3)4)32-13-12-30(46)26-34(32)48/h8-14,25-26,28,37-38,40,50,52H,15-24,27H2,1-7H3,(H,51,53)/t28?,37?,38-,40+,45+/m0/s1. The number of benzene rings is 3. The normalized spacial score (nSPS) is 19.0. The van der Waals surface area contributed by atoms with Crippen LogP contribution in [0.5, 0.6) is 5.75 Å². The lowest BCUT2D eigenvalue weighted by Crippen LogP contribution is -2.54. The maximum absolute atomic E-state index is 16.2. The third-order valence-electron chi connectivity index (χ3n) is 10.2. The fraction of sp³-hybridized carbons (Fsp3) is 0.533. The Hall–Kier alpha value is -4.17. The second-order valence-electron chi connectivity index (χ2n) is 15.9. The fourth-order valence-corrected chi connectivity index (χ4v) is 7.79. The molecule has 0 bridgehead atoms. The number of amides is 1. The smallest absolute Gasteiger partial charge is 0.495 e. The first-order chi connectivity index (χ1) is 30.6. The molecular formula is C45H59Cl2F2N3O12. The van der Waals surface area contributed by atoms with Crippen molar-refractivity contribution in [2.75, 3.05) is 92.7 Å². The topological polar surface area (TPSA) is 170 Å². The van der Waals surface area contributed by atoms with Crippen molar-refractivity contribution < 1.29 is 65.8 Å². The molecule has 19 heteroatoms. The Balaban J connectivity index is 1.37. The summed E-state index contributed by atoms with van der Waals surface area (Å²) in [6.07, 6.45) is -2.00. The van der Waals surface area contributed by atoms with E-state index < -0.39 is 59.5 Å². The van der Waals surface area contributed by atoms with Gasteiger partial charge in [-0.25, -0.2) is 18.4 Å². The van der Waals surface area contributed by atoms with Crippen LogP contribution < -0.4 is 20.7 Å². The van der Waals surface area contributed by atoms with Crippen molar-refractivity contribution in [2.45, 2.75) is 63.9 Å². The van der Waals surface area contributed by atoms with E-state index >= 15 is 8.78 Å². The van der Waals surface area contributed by atoms with Gasteiger partial charge in [0.15, 0.2) is 0 Å². The van der Waals surface area contributed by atoms with E-state index in [1.807, 2.05) is 20.8 Å². The summed E-state index contributed by atoms with van der Waals surface area (Å²) in [6, 6.07) is 11.1. The molecule has 1 fully saturated rings. The molecule has 3 aromatic rings. The van der Waals surface area contributed by atoms with Gasteiger partial charge in [0, 0.05) is 36.6 Å². The number of methoxy groups -OCH3 is 2. The van der Waals surface area contributed by atoms with Crippen molar-refractivity contribution in [1.29, 1.82) is 0 Å². The van der Waals surface area contributed by atoms with E-state index in [9.17, 15) is 14.4 Å². The van der Waals surface area contributed by atoms with Crippen molar-refractivity contribution in [1.82, 2.24) is 10.6 Å². The summed E-state index contributed by atoms with van der Waals surface area (Å²) in [6.45, 7) is 10.6. The zero-order valence-corrected chi connectivity index (χ0v) is 38.7. The van der Waals surface area contributed by atoms with Crippen LogP contribution in [0, 0.1) is 17.0 Å². The van der Waals surface area contributed by atoms with Crippen LogP contribution >= 0.6 is 23.2 Å². The number of hydrogen-bond acceptors (Lipinski definition) is 14. The van der Waals surface area contributed by atoms with E-state index in [-0.39, 0.29) is 63.4 Å². The van der Waals surface area contributed by atoms with Crippen molar-refractivity contribution in [2.24, 2.45) is 5.41 Å². The quantitative estimate of drug-likeness (QED) is 0.0441. The molecule has 1 amide bonds. The minimum absolute atomic E-state index is 0.00308. The predicted molar refractivity (Wildman–Crippen MR) is 235 cm³/mol. The first kappa shape index (κ1) is 52.5. The molecule has 3 N–H and O–H groups in total. The first-order valence-corrected chi connectivity index (χ1v) is 21.5. The third-order valence-corrected chi connectivity index (χ3v) is 10.7. The minimum Gasteiger partial charge on any atom is -0.495 e. The van der Waals surface area contributed by atoms with Gasteiger partial charge >= 0.3 is 12.1 Å². The van der Waals surface area contributed by atoms with E-state index in [0.29, 0.717) is 52.7 Å². The molecule has 354 valence electrons. The molecule has 1 aliphatic heterocycles. The summed E-state index contributed by atoms with van der Waals surface area (Å²) in [5, 5.41) is 9.57. The van der Waals surface area contributed by atoms with Crippen LogP contribution in [-0.2, 0) is 48.2 Å². The van der Waals surface area contributed by atoms with Crippen LogP contribution in [0.1, 0.15) is 61.5 Å². The second-order valence-corrected chi connectivity index (χ2v) is 16.7. The lowest BCUT2D eigenvalue weighted by Gasteiger charge is -2.43. The lowest BCUT2D eigenvalue weighted by molar-refractivity contribution is -0.118. The molecule has 2 unspecified atom stereocenters. The molecule has 0 aliphatic carbocycles.